The summed E-state index contributed by atoms with van der Waals surface area (Å²) in [6.07, 6.45) is 1.58. The van der Waals surface area contributed by atoms with Crippen molar-refractivity contribution < 1.29 is 9.90 Å². The number of rotatable bonds is 4. The number of anilines is 1. The molecule has 6 nitrogen and oxygen atoms in total. The second-order valence-electron chi connectivity index (χ2n) is 4.49. The fraction of sp³-hybridized carbons (Fsp3) is 0.308. The molecule has 0 aliphatic heterocycles. The predicted molar refractivity (Wildman–Crippen MR) is 77.8 cm³/mol. The van der Waals surface area contributed by atoms with Crippen molar-refractivity contribution in [2.75, 3.05) is 5.32 Å². The summed E-state index contributed by atoms with van der Waals surface area (Å²) < 4.78 is 1.75. The predicted octanol–water partition coefficient (Wildman–Crippen LogP) is 1.95. The van der Waals surface area contributed by atoms with Crippen LogP contribution in [-0.4, -0.2) is 31.0 Å². The minimum absolute atomic E-state index is 0.0641. The number of carbonyl (C=O) groups excluding carboxylic acids is 1. The summed E-state index contributed by atoms with van der Waals surface area (Å²) in [7, 11) is 1.82. The summed E-state index contributed by atoms with van der Waals surface area (Å²) in [5, 5.41) is 20.5. The van der Waals surface area contributed by atoms with Crippen LogP contribution >= 0.6 is 11.8 Å². The Balaban J connectivity index is 2.02. The molecule has 7 heteroatoms. The molecule has 106 valence electrons. The summed E-state index contributed by atoms with van der Waals surface area (Å²) in [5.74, 6) is -0.133. The van der Waals surface area contributed by atoms with Crippen molar-refractivity contribution in [2.45, 2.75) is 24.3 Å². The van der Waals surface area contributed by atoms with Gasteiger partial charge >= 0.3 is 0 Å². The van der Waals surface area contributed by atoms with E-state index in [2.05, 4.69) is 15.5 Å². The Morgan fingerprint density at radius 3 is 2.85 bits per heavy atom. The Kier molecular flexibility index (Phi) is 4.29. The molecule has 0 aliphatic carbocycles. The zero-order valence-electron chi connectivity index (χ0n) is 11.5. The van der Waals surface area contributed by atoms with Gasteiger partial charge < -0.3 is 15.0 Å². The van der Waals surface area contributed by atoms with E-state index >= 15 is 0 Å². The van der Waals surface area contributed by atoms with Gasteiger partial charge in [0.15, 0.2) is 5.16 Å². The third kappa shape index (κ3) is 3.30. The molecule has 1 aromatic heterocycles. The lowest BCUT2D eigenvalue weighted by Crippen LogP contribution is -2.22. The lowest BCUT2D eigenvalue weighted by Gasteiger charge is -2.12. The number of hydrogen-bond donors (Lipinski definition) is 2. The third-order valence-electron chi connectivity index (χ3n) is 2.73. The van der Waals surface area contributed by atoms with Gasteiger partial charge in [0.2, 0.25) is 5.91 Å². The molecule has 0 radical (unpaired) electrons. The summed E-state index contributed by atoms with van der Waals surface area (Å²) >= 11 is 1.31. The molecule has 20 heavy (non-hydrogen) atoms. The lowest BCUT2D eigenvalue weighted by atomic mass is 10.2. The first-order chi connectivity index (χ1) is 9.47. The number of benzene rings is 1. The molecule has 0 aliphatic rings. The van der Waals surface area contributed by atoms with Crippen LogP contribution in [0.5, 0.6) is 5.75 Å². The smallest absolute Gasteiger partial charge is 0.237 e. The summed E-state index contributed by atoms with van der Waals surface area (Å²) in [4.78, 5) is 12.1. The normalized spacial score (nSPS) is 12.2. The Hall–Kier alpha value is -2.02. The first-order valence-corrected chi connectivity index (χ1v) is 6.96. The molecule has 1 atom stereocenters. The minimum Gasteiger partial charge on any atom is -0.506 e. The van der Waals surface area contributed by atoms with E-state index in [0.717, 1.165) is 5.56 Å². The Bertz CT molecular complexity index is 627. The van der Waals surface area contributed by atoms with Gasteiger partial charge in [-0.25, -0.2) is 0 Å². The highest BCUT2D eigenvalue weighted by atomic mass is 32.2. The van der Waals surface area contributed by atoms with Crippen LogP contribution < -0.4 is 5.32 Å². The van der Waals surface area contributed by atoms with Crippen LogP contribution in [0.25, 0.3) is 0 Å². The average molecular weight is 292 g/mol. The van der Waals surface area contributed by atoms with Crippen LogP contribution in [0.1, 0.15) is 12.5 Å². The number of hydrogen-bond acceptors (Lipinski definition) is 5. The second kappa shape index (κ2) is 5.96. The highest BCUT2D eigenvalue weighted by molar-refractivity contribution is 8.00. The van der Waals surface area contributed by atoms with Gasteiger partial charge in [-0.2, -0.15) is 0 Å². The minimum atomic E-state index is -0.349. The van der Waals surface area contributed by atoms with Crippen molar-refractivity contribution in [3.05, 3.63) is 30.1 Å². The van der Waals surface area contributed by atoms with Crippen LogP contribution in [0.15, 0.2) is 29.7 Å². The number of carbonyl (C=O) groups is 1. The van der Waals surface area contributed by atoms with Crippen LogP contribution in [0.4, 0.5) is 5.69 Å². The molecule has 2 aromatic rings. The van der Waals surface area contributed by atoms with Crippen molar-refractivity contribution in [1.29, 1.82) is 0 Å². The van der Waals surface area contributed by atoms with Gasteiger partial charge in [-0.05, 0) is 31.5 Å². The highest BCUT2D eigenvalue weighted by Crippen LogP contribution is 2.26. The number of thioether (sulfide) groups is 1. The van der Waals surface area contributed by atoms with Gasteiger partial charge in [0.05, 0.1) is 10.9 Å². The van der Waals surface area contributed by atoms with Crippen LogP contribution in [0, 0.1) is 6.92 Å². The van der Waals surface area contributed by atoms with Crippen molar-refractivity contribution in [3.63, 3.8) is 0 Å². The largest absolute Gasteiger partial charge is 0.506 e. The number of aromatic nitrogens is 3. The van der Waals surface area contributed by atoms with Crippen molar-refractivity contribution in [2.24, 2.45) is 7.05 Å². The number of amides is 1. The first-order valence-electron chi connectivity index (χ1n) is 6.08. The van der Waals surface area contributed by atoms with Gasteiger partial charge in [0.25, 0.3) is 0 Å². The van der Waals surface area contributed by atoms with Crippen molar-refractivity contribution in [1.82, 2.24) is 14.8 Å². The van der Waals surface area contributed by atoms with E-state index in [9.17, 15) is 9.90 Å². The molecular formula is C13H16N4O2S. The monoisotopic (exact) mass is 292 g/mol. The van der Waals surface area contributed by atoms with E-state index in [0.29, 0.717) is 10.8 Å². The second-order valence-corrected chi connectivity index (χ2v) is 5.80. The maximum absolute atomic E-state index is 12.1. The van der Waals surface area contributed by atoms with E-state index in [1.54, 1.807) is 30.0 Å². The molecule has 0 saturated heterocycles. The third-order valence-corrected chi connectivity index (χ3v) is 3.88. The molecule has 0 fully saturated rings. The Morgan fingerprint density at radius 1 is 1.50 bits per heavy atom. The molecule has 0 spiro atoms. The molecule has 0 bridgehead atoms. The van der Waals surface area contributed by atoms with Gasteiger partial charge in [-0.15, -0.1) is 10.2 Å². The molecule has 2 N–H and O–H groups in total. The number of phenols is 1. The summed E-state index contributed by atoms with van der Waals surface area (Å²) in [6.45, 7) is 3.65. The molecule has 0 unspecified atom stereocenters. The number of phenolic OH excluding ortho intramolecular Hbond substituents is 1. The lowest BCUT2D eigenvalue weighted by molar-refractivity contribution is -0.115. The maximum atomic E-state index is 12.1. The summed E-state index contributed by atoms with van der Waals surface area (Å²) in [5.41, 5.74) is 1.34. The van der Waals surface area contributed by atoms with Crippen molar-refractivity contribution in [3.8, 4) is 5.75 Å². The average Bonchev–Trinajstić information content (AvgIpc) is 2.78. The topological polar surface area (TPSA) is 80.0 Å². The van der Waals surface area contributed by atoms with E-state index in [1.165, 1.54) is 11.8 Å². The Labute approximate surface area is 121 Å². The SMILES string of the molecule is Cc1ccc(NC(=O)[C@H](C)Sc2nncn2C)c(O)c1. The van der Waals surface area contributed by atoms with Crippen LogP contribution in [0.2, 0.25) is 0 Å². The molecule has 0 saturated carbocycles. The van der Waals surface area contributed by atoms with Gasteiger partial charge in [-0.3, -0.25) is 4.79 Å². The molecule has 1 heterocycles. The summed E-state index contributed by atoms with van der Waals surface area (Å²) in [6, 6.07) is 5.12. The van der Waals surface area contributed by atoms with Gasteiger partial charge in [-0.1, -0.05) is 17.8 Å². The molecule has 1 aromatic carbocycles. The highest BCUT2D eigenvalue weighted by Gasteiger charge is 2.18. The van der Waals surface area contributed by atoms with E-state index in [4.69, 9.17) is 0 Å². The number of aryl methyl sites for hydroxylation is 2. The Morgan fingerprint density at radius 2 is 2.25 bits per heavy atom. The van der Waals surface area contributed by atoms with Crippen LogP contribution in [0.3, 0.4) is 0 Å². The van der Waals surface area contributed by atoms with Crippen LogP contribution in [-0.2, 0) is 11.8 Å². The van der Waals surface area contributed by atoms with E-state index in [-0.39, 0.29) is 16.9 Å². The number of nitrogens with one attached hydrogen (secondary N) is 1. The zero-order chi connectivity index (χ0) is 14.7. The van der Waals surface area contributed by atoms with Crippen molar-refractivity contribution >= 4 is 23.4 Å². The fourth-order valence-electron chi connectivity index (χ4n) is 1.57. The zero-order valence-corrected chi connectivity index (χ0v) is 12.3. The van der Waals surface area contributed by atoms with E-state index < -0.39 is 0 Å². The molecule has 1 amide bonds. The quantitative estimate of drug-likeness (QED) is 0.665. The number of nitrogens with zero attached hydrogens (tertiary/aromatic N) is 3. The van der Waals surface area contributed by atoms with E-state index in [1.807, 2.05) is 20.0 Å². The standard InChI is InChI=1S/C13H16N4O2S/c1-8-4-5-10(11(18)6-8)15-12(19)9(2)20-13-16-14-7-17(13)3/h4-7,9,18H,1-3H3,(H,15,19)/t9-/m0/s1. The van der Waals surface area contributed by atoms with Gasteiger partial charge in [0, 0.05) is 7.05 Å². The maximum Gasteiger partial charge on any atom is 0.237 e. The fourth-order valence-corrected chi connectivity index (χ4v) is 2.36. The molecule has 2 rings (SSSR count). The molecular weight excluding hydrogens is 276 g/mol. The number of aromatic hydroxyl groups is 1. The first kappa shape index (κ1) is 14.4. The van der Waals surface area contributed by atoms with Gasteiger partial charge in [0.1, 0.15) is 12.1 Å².